The molecule has 6 heterocycles. The maximum Gasteiger partial charge on any atom is 0.345 e. The lowest BCUT2D eigenvalue weighted by molar-refractivity contribution is -0.257. The van der Waals surface area contributed by atoms with Crippen molar-refractivity contribution in [2.45, 2.75) is 143 Å². The summed E-state index contributed by atoms with van der Waals surface area (Å²) in [6, 6.07) is 19.0. The van der Waals surface area contributed by atoms with Crippen molar-refractivity contribution in [1.29, 1.82) is 0 Å². The van der Waals surface area contributed by atoms with Gasteiger partial charge in [-0.15, -0.1) is 0 Å². The number of aliphatic hydroxyl groups excluding tert-OH is 3. The first kappa shape index (κ1) is 56.6. The number of aromatic nitrogens is 2. The molecule has 2 aliphatic heterocycles. The van der Waals surface area contributed by atoms with Gasteiger partial charge in [0.25, 0.3) is 0 Å². The smallest absolute Gasteiger partial charge is 0.345 e. The summed E-state index contributed by atoms with van der Waals surface area (Å²) >= 11 is 0. The average Bonchev–Trinajstić information content (AvgIpc) is 3.48. The van der Waals surface area contributed by atoms with Gasteiger partial charge in [-0.05, 0) is 123 Å². The van der Waals surface area contributed by atoms with Crippen LogP contribution in [0, 0.1) is 57.2 Å². The molecule has 5 aromatic rings. The summed E-state index contributed by atoms with van der Waals surface area (Å²) in [4.78, 5) is 72.2. The van der Waals surface area contributed by atoms with E-state index in [2.05, 4.69) is 51.5 Å². The fourth-order valence-electron chi connectivity index (χ4n) is 16.0. The molecule has 17 heteroatoms. The van der Waals surface area contributed by atoms with Gasteiger partial charge < -0.3 is 47.8 Å². The zero-order valence-corrected chi connectivity index (χ0v) is 47.2. The summed E-state index contributed by atoms with van der Waals surface area (Å²) in [5.41, 5.74) is -3.90. The lowest BCUT2D eigenvalue weighted by Crippen LogP contribution is -2.70. The molecule has 6 unspecified atom stereocenters. The number of hydrogen-bond acceptors (Lipinski definition) is 17. The van der Waals surface area contributed by atoms with E-state index < -0.39 is 86.3 Å². The van der Waals surface area contributed by atoms with E-state index in [1.165, 1.54) is 13.8 Å². The Balaban J connectivity index is 0.000000184. The summed E-state index contributed by atoms with van der Waals surface area (Å²) < 4.78 is 42.1. The number of fused-ring (bicyclic) bond motifs is 8. The Kier molecular flexibility index (Phi) is 14.6. The zero-order valence-electron chi connectivity index (χ0n) is 47.2. The van der Waals surface area contributed by atoms with Crippen molar-refractivity contribution < 1.29 is 62.2 Å². The van der Waals surface area contributed by atoms with Crippen molar-refractivity contribution in [1.82, 2.24) is 9.97 Å². The molecule has 426 valence electrons. The molecule has 4 fully saturated rings. The van der Waals surface area contributed by atoms with Crippen molar-refractivity contribution in [3.05, 3.63) is 129 Å². The second kappa shape index (κ2) is 20.7. The molecule has 0 bridgehead atoms. The maximum absolute atomic E-state index is 13.5. The molecular weight excluding hydrogens is 1020 g/mol. The Labute approximate surface area is 465 Å². The number of carbonyl (C=O) groups excluding carboxylic acids is 3. The van der Waals surface area contributed by atoms with E-state index in [0.29, 0.717) is 29.5 Å². The van der Waals surface area contributed by atoms with Crippen molar-refractivity contribution in [2.24, 2.45) is 57.2 Å². The average molecular weight is 1100 g/mol. The third kappa shape index (κ3) is 9.24. The summed E-state index contributed by atoms with van der Waals surface area (Å²) in [6.45, 7) is 19.7. The van der Waals surface area contributed by atoms with Crippen LogP contribution in [0.5, 0.6) is 11.5 Å². The molecule has 4 aromatic heterocycles. The van der Waals surface area contributed by atoms with E-state index in [9.17, 15) is 39.3 Å². The number of aliphatic hydroxyl groups is 3. The summed E-state index contributed by atoms with van der Waals surface area (Å²) in [6.07, 6.45) is 6.33. The largest absolute Gasteiger partial charge is 0.484 e. The Hall–Kier alpha value is -6.69. The fourth-order valence-corrected chi connectivity index (χ4v) is 16.0. The molecule has 1 aromatic carbocycles. The van der Waals surface area contributed by atoms with Crippen LogP contribution in [-0.4, -0.2) is 79.8 Å². The number of rotatable bonds is 8. The van der Waals surface area contributed by atoms with Gasteiger partial charge in [0.2, 0.25) is 0 Å². The molecule has 0 radical (unpaired) electrons. The first-order valence-electron chi connectivity index (χ1n) is 27.9. The van der Waals surface area contributed by atoms with Crippen LogP contribution in [0.1, 0.15) is 141 Å². The van der Waals surface area contributed by atoms with Crippen molar-refractivity contribution in [3.8, 4) is 34.1 Å². The molecule has 4 saturated carbocycles. The SMILES string of the molecule is CC(=O)OCC1(C)C2C[C@H](O)[C@@]3(C)Oc4cc(-c5cccnc5)oc(=O)c4[C@H](O)C3[C@@]2(C)CC[C@@H]1C.CC(=O)OCC1(C)C2C[C@H](OC(=O)c3ccccc3)[C@@]3(C)Oc4cc(-c5cccnc5)oc(=O)c4[C@H](O)C3[C@@]2(C)CC[C@@H]1C. The van der Waals surface area contributed by atoms with Crippen LogP contribution in [0.2, 0.25) is 0 Å². The Morgan fingerprint density at radius 1 is 0.625 bits per heavy atom. The third-order valence-corrected chi connectivity index (χ3v) is 20.6. The zero-order chi connectivity index (χ0) is 57.5. The van der Waals surface area contributed by atoms with Gasteiger partial charge in [-0.3, -0.25) is 19.6 Å². The lowest BCUT2D eigenvalue weighted by Gasteiger charge is -2.66. The topological polar surface area (TPSA) is 244 Å². The molecule has 11 rings (SSSR count). The highest BCUT2D eigenvalue weighted by Gasteiger charge is 2.71. The molecule has 16 atom stereocenters. The molecule has 0 amide bonds. The summed E-state index contributed by atoms with van der Waals surface area (Å²) in [7, 11) is 0. The molecule has 3 N–H and O–H groups in total. The maximum atomic E-state index is 13.5. The van der Waals surface area contributed by atoms with Crippen LogP contribution in [0.15, 0.2) is 110 Å². The predicted octanol–water partition coefficient (Wildman–Crippen LogP) is 9.64. The minimum absolute atomic E-state index is 0.0513. The van der Waals surface area contributed by atoms with Gasteiger partial charge in [-0.25, -0.2) is 14.4 Å². The van der Waals surface area contributed by atoms with E-state index in [-0.39, 0.29) is 83.0 Å². The lowest BCUT2D eigenvalue weighted by atomic mass is 9.41. The van der Waals surface area contributed by atoms with Crippen LogP contribution in [0.4, 0.5) is 0 Å². The Morgan fingerprint density at radius 3 is 1.52 bits per heavy atom. The van der Waals surface area contributed by atoms with Gasteiger partial charge in [-0.1, -0.05) is 59.7 Å². The van der Waals surface area contributed by atoms with E-state index in [1.807, 2.05) is 19.9 Å². The monoisotopic (exact) mass is 1100 g/mol. The van der Waals surface area contributed by atoms with E-state index in [0.717, 1.165) is 25.7 Å². The molecular formula is C63H74N2O15. The van der Waals surface area contributed by atoms with Gasteiger partial charge in [0.05, 0.1) is 37.1 Å². The highest BCUT2D eigenvalue weighted by Crippen LogP contribution is 2.70. The quantitative estimate of drug-likeness (QED) is 0.0967. The Bertz CT molecular complexity index is 3280. The highest BCUT2D eigenvalue weighted by molar-refractivity contribution is 5.89. The highest BCUT2D eigenvalue weighted by atomic mass is 16.6. The third-order valence-electron chi connectivity index (χ3n) is 20.6. The first-order valence-corrected chi connectivity index (χ1v) is 27.9. The van der Waals surface area contributed by atoms with Crippen LogP contribution >= 0.6 is 0 Å². The number of nitrogens with zero attached hydrogens (tertiary/aromatic N) is 2. The predicted molar refractivity (Wildman–Crippen MR) is 292 cm³/mol. The molecule has 0 saturated heterocycles. The van der Waals surface area contributed by atoms with Crippen LogP contribution < -0.4 is 20.7 Å². The fraction of sp³-hybridized carbons (Fsp3) is 0.540. The second-order valence-electron chi connectivity index (χ2n) is 25.1. The van der Waals surface area contributed by atoms with E-state index in [4.69, 9.17) is 32.5 Å². The van der Waals surface area contributed by atoms with Gasteiger partial charge in [-0.2, -0.15) is 0 Å². The number of benzene rings is 1. The second-order valence-corrected chi connectivity index (χ2v) is 25.1. The molecule has 80 heavy (non-hydrogen) atoms. The van der Waals surface area contributed by atoms with Crippen LogP contribution in [0.25, 0.3) is 22.6 Å². The van der Waals surface area contributed by atoms with Gasteiger partial charge in [0, 0.05) is 84.6 Å². The first-order chi connectivity index (χ1) is 37.8. The van der Waals surface area contributed by atoms with E-state index >= 15 is 0 Å². The summed E-state index contributed by atoms with van der Waals surface area (Å²) in [5, 5.41) is 35.6. The number of ether oxygens (including phenoxy) is 5. The number of carbonyl (C=O) groups is 3. The van der Waals surface area contributed by atoms with Crippen molar-refractivity contribution >= 4 is 17.9 Å². The number of hydrogen-bond donors (Lipinski definition) is 3. The molecule has 6 aliphatic rings. The van der Waals surface area contributed by atoms with Crippen LogP contribution in [-0.2, 0) is 23.8 Å². The number of esters is 3. The van der Waals surface area contributed by atoms with Crippen molar-refractivity contribution in [2.75, 3.05) is 13.2 Å². The summed E-state index contributed by atoms with van der Waals surface area (Å²) in [5.74, 6) is -1.25. The molecule has 0 spiro atoms. The number of pyridine rings is 2. The van der Waals surface area contributed by atoms with Gasteiger partial charge in [0.15, 0.2) is 0 Å². The standard InChI is InChI=1S/C35H39NO8.C28H35NO7/c1-20-13-14-33(3)26(34(20,4)19-41-21(2)37)17-27(43-31(39)22-10-7-6-8-11-22)35(5)30(33)29(38)28-25(44-35)16-24(42-32(28)40)23-12-9-15-36-18-23;1-15-8-9-26(3)20(27(15,4)14-34-16(2)30)12-21(31)28(5)24(26)23(32)22-19(36-28)11-18(35-25(22)33)17-7-6-10-29-13-17/h6-12,15-16,18,20,26-27,29-30,38H,13-14,17,19H2,1-5H3;6-7,10-11,13,15,20-21,23-24,31-32H,8-9,12,14H2,1-5H3/t20-,26?,27-,29-,30?,33-,34?,35+;15-,20?,21-,23-,24?,26-,27?,28+/m00/s1. The van der Waals surface area contributed by atoms with Gasteiger partial charge >= 0.3 is 29.2 Å². The van der Waals surface area contributed by atoms with Crippen molar-refractivity contribution in [3.63, 3.8) is 0 Å². The van der Waals surface area contributed by atoms with Gasteiger partial charge in [0.1, 0.15) is 51.5 Å². The molecule has 4 aliphatic carbocycles. The van der Waals surface area contributed by atoms with Crippen LogP contribution in [0.3, 0.4) is 0 Å². The minimum Gasteiger partial charge on any atom is -0.484 e. The molecule has 17 nitrogen and oxygen atoms in total. The van der Waals surface area contributed by atoms with E-state index in [1.54, 1.807) is 85.5 Å². The minimum atomic E-state index is -1.26. The Morgan fingerprint density at radius 2 is 1.07 bits per heavy atom. The normalized spacial score (nSPS) is 36.4.